The Balaban J connectivity index is 4.77. The lowest BCUT2D eigenvalue weighted by molar-refractivity contribution is -0.231. The molecule has 0 aliphatic carbocycles. The van der Waals surface area contributed by atoms with E-state index in [4.69, 9.17) is 4.84 Å². The summed E-state index contributed by atoms with van der Waals surface area (Å²) < 4.78 is 0. The van der Waals surface area contributed by atoms with E-state index in [9.17, 15) is 9.59 Å². The molecule has 0 heterocycles. The topological polar surface area (TPSA) is 58.6 Å². The molecule has 5 heteroatoms. The van der Waals surface area contributed by atoms with Crippen LogP contribution >= 0.6 is 0 Å². The summed E-state index contributed by atoms with van der Waals surface area (Å²) in [5, 5.41) is 3.88. The van der Waals surface area contributed by atoms with Gasteiger partial charge in [0.2, 0.25) is 12.3 Å². The Morgan fingerprint density at radius 2 is 2.00 bits per heavy atom. The van der Waals surface area contributed by atoms with Gasteiger partial charge in [-0.25, -0.2) is 5.06 Å². The Hall–Kier alpha value is -1.10. The van der Waals surface area contributed by atoms with Crippen LogP contribution in [0.4, 0.5) is 0 Å². The van der Waals surface area contributed by atoms with Gasteiger partial charge in [0.15, 0.2) is 0 Å². The number of hydrogen-bond donors (Lipinski definition) is 1. The minimum Gasteiger partial charge on any atom is -0.355 e. The summed E-state index contributed by atoms with van der Waals surface area (Å²) in [7, 11) is 0. The zero-order valence-corrected chi connectivity index (χ0v) is 12.2. The molecule has 18 heavy (non-hydrogen) atoms. The Kier molecular flexibility index (Phi) is 7.59. The van der Waals surface area contributed by atoms with Gasteiger partial charge in [-0.05, 0) is 34.1 Å². The minimum absolute atomic E-state index is 0.165. The van der Waals surface area contributed by atoms with Gasteiger partial charge in [0.25, 0.3) is 0 Å². The highest BCUT2D eigenvalue weighted by atomic mass is 16.7. The van der Waals surface area contributed by atoms with Crippen molar-refractivity contribution in [3.8, 4) is 0 Å². The van der Waals surface area contributed by atoms with Crippen molar-refractivity contribution in [2.24, 2.45) is 0 Å². The number of carbonyl (C=O) groups is 2. The Labute approximate surface area is 110 Å². The number of unbranched alkanes of at least 4 members (excludes halogenated alkanes) is 1. The summed E-state index contributed by atoms with van der Waals surface area (Å²) in [6.45, 7) is 9.98. The zero-order chi connectivity index (χ0) is 14.2. The molecule has 2 amide bonds. The van der Waals surface area contributed by atoms with Crippen molar-refractivity contribution in [1.82, 2.24) is 10.4 Å². The lowest BCUT2D eigenvalue weighted by Gasteiger charge is -2.32. The van der Waals surface area contributed by atoms with Gasteiger partial charge in [0.1, 0.15) is 6.04 Å². The third-order valence-corrected chi connectivity index (χ3v) is 2.28. The second kappa shape index (κ2) is 8.08. The average molecular weight is 258 g/mol. The Morgan fingerprint density at radius 3 is 2.39 bits per heavy atom. The van der Waals surface area contributed by atoms with Crippen LogP contribution in [0, 0.1) is 0 Å². The van der Waals surface area contributed by atoms with E-state index >= 15 is 0 Å². The highest BCUT2D eigenvalue weighted by Crippen LogP contribution is 2.15. The van der Waals surface area contributed by atoms with Crippen LogP contribution in [0.1, 0.15) is 53.9 Å². The van der Waals surface area contributed by atoms with Crippen molar-refractivity contribution in [1.29, 1.82) is 0 Å². The zero-order valence-electron chi connectivity index (χ0n) is 12.2. The molecule has 0 aromatic rings. The van der Waals surface area contributed by atoms with Crippen LogP contribution in [0.5, 0.6) is 0 Å². The molecule has 0 bridgehead atoms. The number of hydrogen-bond acceptors (Lipinski definition) is 3. The first-order chi connectivity index (χ1) is 8.35. The molecule has 1 atom stereocenters. The molecule has 0 aliphatic heterocycles. The SMILES string of the molecule is CCCC[C@H](C(=O)NCC)N(C=O)OC(C)(C)C. The Morgan fingerprint density at radius 1 is 1.39 bits per heavy atom. The molecule has 0 aromatic heterocycles. The van der Waals surface area contributed by atoms with E-state index in [1.165, 1.54) is 0 Å². The largest absolute Gasteiger partial charge is 0.355 e. The van der Waals surface area contributed by atoms with Gasteiger partial charge >= 0.3 is 0 Å². The fourth-order valence-corrected chi connectivity index (χ4v) is 1.54. The number of likely N-dealkylation sites (N-methyl/N-ethyl adjacent to an activating group) is 1. The van der Waals surface area contributed by atoms with Gasteiger partial charge < -0.3 is 5.32 Å². The minimum atomic E-state index is -0.554. The van der Waals surface area contributed by atoms with Crippen molar-refractivity contribution >= 4 is 12.3 Å². The third kappa shape index (κ3) is 6.59. The summed E-state index contributed by atoms with van der Waals surface area (Å²) in [4.78, 5) is 28.6. The number of nitrogens with one attached hydrogen (secondary N) is 1. The van der Waals surface area contributed by atoms with Crippen molar-refractivity contribution in [3.05, 3.63) is 0 Å². The first kappa shape index (κ1) is 16.9. The van der Waals surface area contributed by atoms with Crippen LogP contribution in [0.15, 0.2) is 0 Å². The fraction of sp³-hybridized carbons (Fsp3) is 0.846. The number of nitrogens with zero attached hydrogens (tertiary/aromatic N) is 1. The van der Waals surface area contributed by atoms with Gasteiger partial charge in [-0.1, -0.05) is 19.8 Å². The van der Waals surface area contributed by atoms with Crippen molar-refractivity contribution in [2.75, 3.05) is 6.54 Å². The third-order valence-electron chi connectivity index (χ3n) is 2.28. The van der Waals surface area contributed by atoms with Crippen molar-refractivity contribution < 1.29 is 14.4 Å². The molecule has 0 aromatic carbocycles. The van der Waals surface area contributed by atoms with E-state index in [-0.39, 0.29) is 5.91 Å². The molecule has 106 valence electrons. The van der Waals surface area contributed by atoms with E-state index < -0.39 is 11.6 Å². The van der Waals surface area contributed by atoms with Crippen LogP contribution in [0.2, 0.25) is 0 Å². The van der Waals surface area contributed by atoms with E-state index in [0.29, 0.717) is 19.4 Å². The molecule has 0 radical (unpaired) electrons. The first-order valence-corrected chi connectivity index (χ1v) is 6.56. The first-order valence-electron chi connectivity index (χ1n) is 6.56. The van der Waals surface area contributed by atoms with Crippen LogP contribution in [-0.4, -0.2) is 35.6 Å². The summed E-state index contributed by atoms with van der Waals surface area (Å²) >= 11 is 0. The van der Waals surface area contributed by atoms with Crippen molar-refractivity contribution in [2.45, 2.75) is 65.5 Å². The number of rotatable bonds is 8. The molecular formula is C13H26N2O3. The fourth-order valence-electron chi connectivity index (χ4n) is 1.54. The van der Waals surface area contributed by atoms with Gasteiger partial charge in [0, 0.05) is 6.54 Å². The average Bonchev–Trinajstić information content (AvgIpc) is 2.26. The van der Waals surface area contributed by atoms with E-state index in [0.717, 1.165) is 17.9 Å². The number of amides is 2. The summed E-state index contributed by atoms with van der Waals surface area (Å²) in [6, 6.07) is -0.554. The van der Waals surface area contributed by atoms with E-state index in [2.05, 4.69) is 5.32 Å². The molecule has 1 N–H and O–H groups in total. The summed E-state index contributed by atoms with van der Waals surface area (Å²) in [6.07, 6.45) is 3.04. The smallest absolute Gasteiger partial charge is 0.245 e. The molecule has 0 aliphatic rings. The monoisotopic (exact) mass is 258 g/mol. The van der Waals surface area contributed by atoms with Crippen LogP contribution in [0.3, 0.4) is 0 Å². The lowest BCUT2D eigenvalue weighted by Crippen LogP contribution is -2.48. The lowest BCUT2D eigenvalue weighted by atomic mass is 10.1. The molecule has 0 saturated carbocycles. The quantitative estimate of drug-likeness (QED) is 0.534. The van der Waals surface area contributed by atoms with Gasteiger partial charge in [-0.2, -0.15) is 0 Å². The maximum absolute atomic E-state index is 11.9. The highest BCUT2D eigenvalue weighted by molar-refractivity contribution is 5.83. The van der Waals surface area contributed by atoms with E-state index in [1.807, 2.05) is 34.6 Å². The molecular weight excluding hydrogens is 232 g/mol. The summed E-state index contributed by atoms with van der Waals surface area (Å²) in [5.74, 6) is -0.165. The Bertz CT molecular complexity index is 261. The number of hydroxylamine groups is 2. The highest BCUT2D eigenvalue weighted by Gasteiger charge is 2.28. The van der Waals surface area contributed by atoms with E-state index in [1.54, 1.807) is 0 Å². The molecule has 5 nitrogen and oxygen atoms in total. The molecule has 0 unspecified atom stereocenters. The van der Waals surface area contributed by atoms with Crippen LogP contribution in [-0.2, 0) is 14.4 Å². The maximum Gasteiger partial charge on any atom is 0.245 e. The predicted molar refractivity (Wildman–Crippen MR) is 70.7 cm³/mol. The van der Waals surface area contributed by atoms with Crippen LogP contribution < -0.4 is 5.32 Å². The summed E-state index contributed by atoms with van der Waals surface area (Å²) in [5.41, 5.74) is -0.502. The molecule has 0 spiro atoms. The van der Waals surface area contributed by atoms with Gasteiger partial charge in [-0.15, -0.1) is 0 Å². The molecule has 0 rings (SSSR count). The van der Waals surface area contributed by atoms with Crippen molar-refractivity contribution in [3.63, 3.8) is 0 Å². The normalized spacial score (nSPS) is 12.9. The second-order valence-corrected chi connectivity index (χ2v) is 5.22. The predicted octanol–water partition coefficient (Wildman–Crippen LogP) is 1.87. The maximum atomic E-state index is 11.9. The van der Waals surface area contributed by atoms with Crippen LogP contribution in [0.25, 0.3) is 0 Å². The second-order valence-electron chi connectivity index (χ2n) is 5.22. The molecule has 0 saturated heterocycles. The van der Waals surface area contributed by atoms with Gasteiger partial charge in [0.05, 0.1) is 5.60 Å². The van der Waals surface area contributed by atoms with Gasteiger partial charge in [-0.3, -0.25) is 14.4 Å². The number of carbonyl (C=O) groups excluding carboxylic acids is 2. The standard InChI is InChI=1S/C13H26N2O3/c1-6-8-9-11(12(17)14-7-2)15(10-16)18-13(3,4)5/h10-11H,6-9H2,1-5H3,(H,14,17)/t11-/m1/s1. The molecule has 0 fully saturated rings.